The summed E-state index contributed by atoms with van der Waals surface area (Å²) < 4.78 is 0. The smallest absolute Gasteiger partial charge is 0.222 e. The number of hydrogen-bond donors (Lipinski definition) is 0. The fourth-order valence-corrected chi connectivity index (χ4v) is 4.84. The van der Waals surface area contributed by atoms with Gasteiger partial charge in [0.2, 0.25) is 5.91 Å². The molecule has 0 aromatic carbocycles. The molecule has 1 atom stereocenters. The number of aromatic nitrogens is 2. The molecule has 7 nitrogen and oxygen atoms in total. The molecule has 0 N–H and O–H groups in total. The van der Waals surface area contributed by atoms with E-state index in [1.165, 1.54) is 25.7 Å². The number of thioether (sulfide) groups is 1. The second-order valence-corrected chi connectivity index (χ2v) is 8.89. The van der Waals surface area contributed by atoms with Crippen LogP contribution in [0.3, 0.4) is 0 Å². The molecule has 0 unspecified atom stereocenters. The van der Waals surface area contributed by atoms with Gasteiger partial charge in [0, 0.05) is 43.9 Å². The van der Waals surface area contributed by atoms with Gasteiger partial charge in [-0.3, -0.25) is 4.79 Å². The number of hydrogen-bond acceptors (Lipinski definition) is 7. The Morgan fingerprint density at radius 1 is 1.29 bits per heavy atom. The van der Waals surface area contributed by atoms with Gasteiger partial charge in [0.1, 0.15) is 11.0 Å². The summed E-state index contributed by atoms with van der Waals surface area (Å²) in [5.74, 6) is 0.226. The van der Waals surface area contributed by atoms with Crippen molar-refractivity contribution in [2.45, 2.75) is 56.6 Å². The van der Waals surface area contributed by atoms with Gasteiger partial charge >= 0.3 is 0 Å². The van der Waals surface area contributed by atoms with Gasteiger partial charge in [-0.1, -0.05) is 49.0 Å². The van der Waals surface area contributed by atoms with E-state index in [-0.39, 0.29) is 22.9 Å². The number of anilines is 1. The monoisotopic (exact) mass is 425 g/mol. The van der Waals surface area contributed by atoms with E-state index in [0.717, 1.165) is 24.1 Å². The first-order chi connectivity index (χ1) is 13.4. The quantitative estimate of drug-likeness (QED) is 0.375. The van der Waals surface area contributed by atoms with Gasteiger partial charge in [0.05, 0.1) is 5.97 Å². The number of nitrogens with zero attached hydrogens (tertiary/aromatic N) is 4. The second-order valence-electron chi connectivity index (χ2n) is 7.56. The number of carbonyl (C=O) groups excluding carboxylic acids is 2. The molecule has 2 fully saturated rings. The molecular weight excluding hydrogens is 400 g/mol. The van der Waals surface area contributed by atoms with Crippen LogP contribution in [-0.4, -0.2) is 58.2 Å². The number of rotatable bonds is 7. The fourth-order valence-electron chi connectivity index (χ4n) is 4.04. The lowest BCUT2D eigenvalue weighted by molar-refractivity contribution is -0.301. The summed E-state index contributed by atoms with van der Waals surface area (Å²) in [6.45, 7) is 4.02. The van der Waals surface area contributed by atoms with E-state index >= 15 is 0 Å². The Labute approximate surface area is 174 Å². The van der Waals surface area contributed by atoms with Gasteiger partial charge in [0.15, 0.2) is 5.16 Å². The predicted molar refractivity (Wildman–Crippen MR) is 107 cm³/mol. The highest BCUT2D eigenvalue weighted by atomic mass is 35.5. The van der Waals surface area contributed by atoms with Crippen molar-refractivity contribution in [2.75, 3.05) is 30.3 Å². The zero-order valence-corrected chi connectivity index (χ0v) is 17.7. The van der Waals surface area contributed by atoms with E-state index in [0.29, 0.717) is 37.0 Å². The molecule has 154 valence electrons. The van der Waals surface area contributed by atoms with Gasteiger partial charge in [-0.2, -0.15) is 0 Å². The summed E-state index contributed by atoms with van der Waals surface area (Å²) in [7, 11) is 0. The fraction of sp³-hybridized carbons (Fsp3) is 0.684. The maximum Gasteiger partial charge on any atom is 0.222 e. The normalized spacial score (nSPS) is 20.6. The Morgan fingerprint density at radius 2 is 2.04 bits per heavy atom. The van der Waals surface area contributed by atoms with E-state index in [9.17, 15) is 14.7 Å². The first-order valence-electron chi connectivity index (χ1n) is 9.84. The molecule has 2 aliphatic rings. The van der Waals surface area contributed by atoms with Crippen LogP contribution in [0.25, 0.3) is 0 Å². The van der Waals surface area contributed by atoms with E-state index in [1.54, 1.807) is 6.07 Å². The van der Waals surface area contributed by atoms with Gasteiger partial charge in [-0.05, 0) is 19.3 Å². The number of amides is 1. The summed E-state index contributed by atoms with van der Waals surface area (Å²) in [6, 6.07) is 1.76. The van der Waals surface area contributed by atoms with Gasteiger partial charge in [-0.25, -0.2) is 9.97 Å². The molecule has 0 spiro atoms. The summed E-state index contributed by atoms with van der Waals surface area (Å²) in [4.78, 5) is 35.8. The number of aliphatic carboxylic acids is 1. The number of carboxylic acid groups (broad SMARTS) is 1. The van der Waals surface area contributed by atoms with Crippen molar-refractivity contribution >= 4 is 41.1 Å². The summed E-state index contributed by atoms with van der Waals surface area (Å²) >= 11 is 7.07. The topological polar surface area (TPSA) is 89.5 Å². The molecule has 3 rings (SSSR count). The zero-order chi connectivity index (χ0) is 20.1. The SMILES string of the molecule is C[C@@H]1CN(c2cc(Cl)nc(SCC(=O)[O-])n2)CCN1C(=O)CCC1CCCC1. The molecular formula is C19H26ClN4O3S-. The molecule has 1 saturated heterocycles. The number of carbonyl (C=O) groups is 2. The standard InChI is InChI=1S/C19H27ClN4O3S/c1-13-11-23(16-10-15(20)21-19(22-16)28-12-18(26)27)8-9-24(13)17(25)7-6-14-4-2-3-5-14/h10,13-14H,2-9,11-12H2,1H3,(H,26,27)/p-1/t13-/m1/s1. The summed E-state index contributed by atoms with van der Waals surface area (Å²) in [5, 5.41) is 11.2. The third-order valence-electron chi connectivity index (χ3n) is 5.49. The molecule has 1 aliphatic carbocycles. The Kier molecular flexibility index (Phi) is 7.40. The van der Waals surface area contributed by atoms with Crippen molar-refractivity contribution in [2.24, 2.45) is 5.92 Å². The summed E-state index contributed by atoms with van der Waals surface area (Å²) in [6.07, 6.45) is 6.79. The molecule has 1 saturated carbocycles. The van der Waals surface area contributed by atoms with Crippen LogP contribution in [-0.2, 0) is 9.59 Å². The van der Waals surface area contributed by atoms with Crippen molar-refractivity contribution in [1.82, 2.24) is 14.9 Å². The minimum Gasteiger partial charge on any atom is -0.549 e. The van der Waals surface area contributed by atoms with Crippen LogP contribution in [0.4, 0.5) is 5.82 Å². The Hall–Kier alpha value is -1.54. The highest BCUT2D eigenvalue weighted by molar-refractivity contribution is 7.99. The second kappa shape index (κ2) is 9.78. The molecule has 1 aromatic heterocycles. The lowest BCUT2D eigenvalue weighted by atomic mass is 10.0. The van der Waals surface area contributed by atoms with Crippen LogP contribution >= 0.6 is 23.4 Å². The minimum atomic E-state index is -1.17. The number of halogens is 1. The van der Waals surface area contributed by atoms with Gasteiger partial charge in [-0.15, -0.1) is 0 Å². The minimum absolute atomic E-state index is 0.0814. The molecule has 1 amide bonds. The third kappa shape index (κ3) is 5.73. The summed E-state index contributed by atoms with van der Waals surface area (Å²) in [5.41, 5.74) is 0. The van der Waals surface area contributed by atoms with Crippen LogP contribution < -0.4 is 10.0 Å². The van der Waals surface area contributed by atoms with Crippen LogP contribution in [0.5, 0.6) is 0 Å². The molecule has 2 heterocycles. The highest BCUT2D eigenvalue weighted by Crippen LogP contribution is 2.29. The predicted octanol–water partition coefficient (Wildman–Crippen LogP) is 1.98. The lowest BCUT2D eigenvalue weighted by Crippen LogP contribution is -2.54. The van der Waals surface area contributed by atoms with Crippen molar-refractivity contribution < 1.29 is 14.7 Å². The van der Waals surface area contributed by atoms with Crippen molar-refractivity contribution in [3.63, 3.8) is 0 Å². The first kappa shape index (κ1) is 21.2. The van der Waals surface area contributed by atoms with Crippen molar-refractivity contribution in [3.05, 3.63) is 11.2 Å². The average molecular weight is 426 g/mol. The molecule has 9 heteroatoms. The molecule has 28 heavy (non-hydrogen) atoms. The van der Waals surface area contributed by atoms with Gasteiger partial charge in [0.25, 0.3) is 0 Å². The Bertz CT molecular complexity index is 714. The van der Waals surface area contributed by atoms with Crippen LogP contribution in [0, 0.1) is 5.92 Å². The van der Waals surface area contributed by atoms with E-state index in [4.69, 9.17) is 11.6 Å². The maximum atomic E-state index is 12.7. The average Bonchev–Trinajstić information content (AvgIpc) is 3.17. The van der Waals surface area contributed by atoms with E-state index in [1.807, 2.05) is 11.8 Å². The van der Waals surface area contributed by atoms with Crippen molar-refractivity contribution in [1.29, 1.82) is 0 Å². The molecule has 1 aromatic rings. The molecule has 0 bridgehead atoms. The van der Waals surface area contributed by atoms with E-state index in [2.05, 4.69) is 14.9 Å². The first-order valence-corrected chi connectivity index (χ1v) is 11.2. The highest BCUT2D eigenvalue weighted by Gasteiger charge is 2.29. The maximum absolute atomic E-state index is 12.7. The van der Waals surface area contributed by atoms with E-state index < -0.39 is 5.97 Å². The molecule has 1 aliphatic heterocycles. The van der Waals surface area contributed by atoms with Crippen LogP contribution in [0.15, 0.2) is 11.2 Å². The lowest BCUT2D eigenvalue weighted by Gasteiger charge is -2.40. The number of carboxylic acids is 1. The number of piperazine rings is 1. The van der Waals surface area contributed by atoms with Gasteiger partial charge < -0.3 is 19.7 Å². The van der Waals surface area contributed by atoms with Crippen LogP contribution in [0.1, 0.15) is 45.4 Å². The Balaban J connectivity index is 1.56. The zero-order valence-electron chi connectivity index (χ0n) is 16.1. The van der Waals surface area contributed by atoms with Crippen molar-refractivity contribution in [3.8, 4) is 0 Å². The largest absolute Gasteiger partial charge is 0.549 e. The van der Waals surface area contributed by atoms with Crippen LogP contribution in [0.2, 0.25) is 5.15 Å². The third-order valence-corrected chi connectivity index (χ3v) is 6.51. The molecule has 0 radical (unpaired) electrons. The Morgan fingerprint density at radius 3 is 2.71 bits per heavy atom.